The Morgan fingerprint density at radius 2 is 1.58 bits per heavy atom. The molecule has 0 unspecified atom stereocenters. The summed E-state index contributed by atoms with van der Waals surface area (Å²) in [6.07, 6.45) is 2.24. The molecule has 1 aromatic rings. The summed E-state index contributed by atoms with van der Waals surface area (Å²) in [6, 6.07) is 7.68. The number of carbonyl (C=O) groups excluding carboxylic acids is 1. The van der Waals surface area contributed by atoms with E-state index in [0.29, 0.717) is 51.6 Å². The largest absolute Gasteiger partial charge is 0.379 e. The highest BCUT2D eigenvalue weighted by atomic mass is 127. The fourth-order valence-electron chi connectivity index (χ4n) is 2.77. The van der Waals surface area contributed by atoms with Crippen LogP contribution in [0.3, 0.4) is 0 Å². The molecule has 0 saturated carbocycles. The third kappa shape index (κ3) is 12.9. The summed E-state index contributed by atoms with van der Waals surface area (Å²) in [4.78, 5) is 18.8. The SMILES string of the molecule is CCCCOCCOCCNC(=NCc1ccc(C(=O)N(CC)CC)cc1)NCC.I. The molecular formula is C23H41IN4O3. The van der Waals surface area contributed by atoms with Crippen LogP contribution in [-0.4, -0.2) is 69.4 Å². The Labute approximate surface area is 205 Å². The average molecular weight is 549 g/mol. The number of carbonyl (C=O) groups is 1. The molecule has 31 heavy (non-hydrogen) atoms. The number of rotatable bonds is 15. The highest BCUT2D eigenvalue weighted by Crippen LogP contribution is 2.09. The maximum absolute atomic E-state index is 12.4. The van der Waals surface area contributed by atoms with E-state index in [0.717, 1.165) is 37.5 Å². The normalized spacial score (nSPS) is 11.0. The van der Waals surface area contributed by atoms with Gasteiger partial charge in [-0.1, -0.05) is 25.5 Å². The number of hydrogen-bond acceptors (Lipinski definition) is 4. The van der Waals surface area contributed by atoms with Crippen LogP contribution in [0.2, 0.25) is 0 Å². The van der Waals surface area contributed by atoms with Crippen molar-refractivity contribution in [2.45, 2.75) is 47.1 Å². The number of unbranched alkanes of at least 4 members (excludes halogenated alkanes) is 1. The number of nitrogens with zero attached hydrogens (tertiary/aromatic N) is 2. The summed E-state index contributed by atoms with van der Waals surface area (Å²) in [6.45, 7) is 14.3. The number of guanidine groups is 1. The third-order valence-electron chi connectivity index (χ3n) is 4.57. The van der Waals surface area contributed by atoms with Crippen molar-refractivity contribution in [1.82, 2.24) is 15.5 Å². The van der Waals surface area contributed by atoms with E-state index in [1.165, 1.54) is 0 Å². The molecule has 178 valence electrons. The molecule has 0 spiro atoms. The second-order valence-electron chi connectivity index (χ2n) is 6.87. The highest BCUT2D eigenvalue weighted by molar-refractivity contribution is 14.0. The van der Waals surface area contributed by atoms with Gasteiger partial charge in [0, 0.05) is 38.3 Å². The first-order valence-electron chi connectivity index (χ1n) is 11.2. The van der Waals surface area contributed by atoms with Crippen molar-refractivity contribution < 1.29 is 14.3 Å². The Hall–Kier alpha value is -1.39. The molecule has 0 aliphatic carbocycles. The van der Waals surface area contributed by atoms with Crippen LogP contribution >= 0.6 is 24.0 Å². The summed E-state index contributed by atoms with van der Waals surface area (Å²) in [5.74, 6) is 0.824. The van der Waals surface area contributed by atoms with Crippen molar-refractivity contribution in [1.29, 1.82) is 0 Å². The predicted octanol–water partition coefficient (Wildman–Crippen LogP) is 3.68. The predicted molar refractivity (Wildman–Crippen MR) is 138 cm³/mol. The van der Waals surface area contributed by atoms with Crippen LogP contribution in [0.5, 0.6) is 0 Å². The van der Waals surface area contributed by atoms with Gasteiger partial charge in [0.2, 0.25) is 0 Å². The first-order chi connectivity index (χ1) is 14.7. The molecule has 0 atom stereocenters. The molecule has 0 heterocycles. The lowest BCUT2D eigenvalue weighted by Crippen LogP contribution is -2.39. The molecule has 0 aromatic heterocycles. The average Bonchev–Trinajstić information content (AvgIpc) is 2.77. The second kappa shape index (κ2) is 19.3. The van der Waals surface area contributed by atoms with E-state index >= 15 is 0 Å². The minimum absolute atomic E-state index is 0. The molecule has 7 nitrogen and oxygen atoms in total. The fourth-order valence-corrected chi connectivity index (χ4v) is 2.77. The molecule has 1 amide bonds. The van der Waals surface area contributed by atoms with Crippen LogP contribution in [0.15, 0.2) is 29.3 Å². The van der Waals surface area contributed by atoms with Gasteiger partial charge >= 0.3 is 0 Å². The summed E-state index contributed by atoms with van der Waals surface area (Å²) >= 11 is 0. The van der Waals surface area contributed by atoms with Gasteiger partial charge in [-0.25, -0.2) is 4.99 Å². The number of nitrogens with one attached hydrogen (secondary N) is 2. The van der Waals surface area contributed by atoms with Crippen LogP contribution < -0.4 is 10.6 Å². The molecule has 0 bridgehead atoms. The first kappa shape index (κ1) is 29.6. The van der Waals surface area contributed by atoms with E-state index < -0.39 is 0 Å². The van der Waals surface area contributed by atoms with Gasteiger partial charge in [0.1, 0.15) is 0 Å². The Kier molecular flexibility index (Phi) is 18.4. The fraction of sp³-hybridized carbons (Fsp3) is 0.652. The van der Waals surface area contributed by atoms with E-state index in [1.54, 1.807) is 0 Å². The summed E-state index contributed by atoms with van der Waals surface area (Å²) in [5.41, 5.74) is 1.77. The monoisotopic (exact) mass is 548 g/mol. The van der Waals surface area contributed by atoms with Gasteiger partial charge in [0.15, 0.2) is 5.96 Å². The zero-order valence-corrected chi connectivity index (χ0v) is 21.9. The van der Waals surface area contributed by atoms with E-state index in [2.05, 4.69) is 22.5 Å². The first-order valence-corrected chi connectivity index (χ1v) is 11.2. The summed E-state index contributed by atoms with van der Waals surface area (Å²) < 4.78 is 11.0. The number of benzene rings is 1. The minimum Gasteiger partial charge on any atom is -0.379 e. The lowest BCUT2D eigenvalue weighted by atomic mass is 10.1. The van der Waals surface area contributed by atoms with Gasteiger partial charge in [0.05, 0.1) is 26.4 Å². The van der Waals surface area contributed by atoms with Crippen molar-refractivity contribution in [2.75, 3.05) is 52.6 Å². The van der Waals surface area contributed by atoms with Gasteiger partial charge < -0.3 is 25.0 Å². The standard InChI is InChI=1S/C23H40N4O3.HI/c1-5-9-15-29-17-18-30-16-14-25-23(24-6-2)26-19-20-10-12-21(13-11-20)22(28)27(7-3)8-4;/h10-13H,5-9,14-19H2,1-4H3,(H2,24,25,26);1H. The molecule has 1 rings (SSSR count). The van der Waals surface area contributed by atoms with Crippen LogP contribution in [-0.2, 0) is 16.0 Å². The Balaban J connectivity index is 0.00000900. The van der Waals surface area contributed by atoms with E-state index in [-0.39, 0.29) is 29.9 Å². The van der Waals surface area contributed by atoms with Gasteiger partial charge in [-0.05, 0) is 44.9 Å². The van der Waals surface area contributed by atoms with Crippen LogP contribution in [0.1, 0.15) is 56.5 Å². The zero-order chi connectivity index (χ0) is 22.0. The van der Waals surface area contributed by atoms with Gasteiger partial charge in [-0.2, -0.15) is 0 Å². The second-order valence-corrected chi connectivity index (χ2v) is 6.87. The number of hydrogen-bond donors (Lipinski definition) is 2. The summed E-state index contributed by atoms with van der Waals surface area (Å²) in [7, 11) is 0. The van der Waals surface area contributed by atoms with Gasteiger partial charge in [0.25, 0.3) is 5.91 Å². The quantitative estimate of drug-likeness (QED) is 0.152. The van der Waals surface area contributed by atoms with Crippen LogP contribution in [0.25, 0.3) is 0 Å². The summed E-state index contributed by atoms with van der Waals surface area (Å²) in [5, 5.41) is 6.51. The zero-order valence-electron chi connectivity index (χ0n) is 19.6. The Bertz CT molecular complexity index is 607. The molecular weight excluding hydrogens is 507 g/mol. The number of ether oxygens (including phenoxy) is 2. The minimum atomic E-state index is 0. The molecule has 1 aromatic carbocycles. The van der Waals surface area contributed by atoms with Crippen molar-refractivity contribution in [3.05, 3.63) is 35.4 Å². The highest BCUT2D eigenvalue weighted by Gasteiger charge is 2.11. The van der Waals surface area contributed by atoms with Crippen molar-refractivity contribution in [3.8, 4) is 0 Å². The molecule has 0 radical (unpaired) electrons. The van der Waals surface area contributed by atoms with Crippen molar-refractivity contribution in [2.24, 2.45) is 4.99 Å². The van der Waals surface area contributed by atoms with E-state index in [1.807, 2.05) is 49.9 Å². The maximum Gasteiger partial charge on any atom is 0.253 e. The Morgan fingerprint density at radius 3 is 2.16 bits per heavy atom. The number of aliphatic imine (C=N–C) groups is 1. The van der Waals surface area contributed by atoms with Crippen LogP contribution in [0, 0.1) is 0 Å². The lowest BCUT2D eigenvalue weighted by Gasteiger charge is -2.18. The molecule has 0 aliphatic rings. The molecule has 0 fully saturated rings. The molecule has 0 saturated heterocycles. The van der Waals surface area contributed by atoms with E-state index in [4.69, 9.17) is 9.47 Å². The third-order valence-corrected chi connectivity index (χ3v) is 4.57. The Morgan fingerprint density at radius 1 is 0.935 bits per heavy atom. The molecule has 2 N–H and O–H groups in total. The smallest absolute Gasteiger partial charge is 0.253 e. The topological polar surface area (TPSA) is 75.2 Å². The van der Waals surface area contributed by atoms with Crippen molar-refractivity contribution in [3.63, 3.8) is 0 Å². The van der Waals surface area contributed by atoms with E-state index in [9.17, 15) is 4.79 Å². The van der Waals surface area contributed by atoms with Gasteiger partial charge in [-0.15, -0.1) is 24.0 Å². The van der Waals surface area contributed by atoms with Crippen LogP contribution in [0.4, 0.5) is 0 Å². The number of amides is 1. The number of halogens is 1. The van der Waals surface area contributed by atoms with Gasteiger partial charge in [-0.3, -0.25) is 4.79 Å². The van der Waals surface area contributed by atoms with Crippen molar-refractivity contribution >= 4 is 35.8 Å². The molecule has 8 heteroatoms. The molecule has 0 aliphatic heterocycles. The lowest BCUT2D eigenvalue weighted by molar-refractivity contribution is 0.0487. The maximum atomic E-state index is 12.4.